The van der Waals surface area contributed by atoms with E-state index in [1.54, 1.807) is 20.8 Å². The van der Waals surface area contributed by atoms with Gasteiger partial charge in [0.2, 0.25) is 0 Å². The van der Waals surface area contributed by atoms with Gasteiger partial charge in [0.25, 0.3) is 0 Å². The zero-order valence-corrected chi connectivity index (χ0v) is 12.2. The minimum atomic E-state index is -0.719. The van der Waals surface area contributed by atoms with Crippen LogP contribution in [0.4, 0.5) is 5.82 Å². The molecular formula is C12H19N3O3S. The van der Waals surface area contributed by atoms with Crippen LogP contribution < -0.4 is 5.73 Å². The monoisotopic (exact) mass is 285 g/mol. The van der Waals surface area contributed by atoms with Crippen molar-refractivity contribution in [1.29, 1.82) is 0 Å². The lowest BCUT2D eigenvalue weighted by Crippen LogP contribution is -2.19. The molecule has 0 aliphatic heterocycles. The average molecular weight is 285 g/mol. The highest BCUT2D eigenvalue weighted by Crippen LogP contribution is 2.20. The van der Waals surface area contributed by atoms with Crippen molar-refractivity contribution >= 4 is 23.5 Å². The number of carbonyl (C=O) groups is 1. The summed E-state index contributed by atoms with van der Waals surface area (Å²) in [5.74, 6) is 0.258. The highest BCUT2D eigenvalue weighted by molar-refractivity contribution is 7.99. The van der Waals surface area contributed by atoms with E-state index in [0.717, 1.165) is 0 Å². The molecular weight excluding hydrogens is 266 g/mol. The summed E-state index contributed by atoms with van der Waals surface area (Å²) in [4.78, 5) is 19.6. The Morgan fingerprint density at radius 3 is 2.79 bits per heavy atom. The van der Waals surface area contributed by atoms with Crippen LogP contribution in [-0.4, -0.2) is 39.0 Å². The van der Waals surface area contributed by atoms with E-state index in [1.165, 1.54) is 18.0 Å². The first-order chi connectivity index (χ1) is 8.83. The number of esters is 1. The van der Waals surface area contributed by atoms with E-state index in [0.29, 0.717) is 17.3 Å². The van der Waals surface area contributed by atoms with Crippen LogP contribution in [0.3, 0.4) is 0 Å². The zero-order chi connectivity index (χ0) is 14.5. The standard InChI is InChI=1S/C12H19N3O3S/c1-4-18-10(16)8-7-14-11(15-9(8)13)19-6-5-12(2,3)17/h7,17H,4-6H2,1-3H3,(H2,13,14,15). The van der Waals surface area contributed by atoms with Gasteiger partial charge in [-0.25, -0.2) is 14.8 Å². The Balaban J connectivity index is 2.64. The maximum atomic E-state index is 11.5. The Kier molecular flexibility index (Phi) is 5.56. The average Bonchev–Trinajstić information content (AvgIpc) is 2.27. The molecule has 1 aromatic heterocycles. The van der Waals surface area contributed by atoms with E-state index in [1.807, 2.05) is 0 Å². The van der Waals surface area contributed by atoms with E-state index in [4.69, 9.17) is 10.5 Å². The Hall–Kier alpha value is -1.34. The number of thioether (sulfide) groups is 1. The van der Waals surface area contributed by atoms with Crippen LogP contribution in [-0.2, 0) is 4.74 Å². The Bertz CT molecular complexity index is 446. The number of ether oxygens (including phenoxy) is 1. The van der Waals surface area contributed by atoms with Gasteiger partial charge >= 0.3 is 5.97 Å². The van der Waals surface area contributed by atoms with E-state index in [2.05, 4.69) is 9.97 Å². The van der Waals surface area contributed by atoms with E-state index < -0.39 is 11.6 Å². The lowest BCUT2D eigenvalue weighted by atomic mass is 10.1. The molecule has 0 bridgehead atoms. The largest absolute Gasteiger partial charge is 0.462 e. The van der Waals surface area contributed by atoms with Crippen LogP contribution in [0, 0.1) is 0 Å². The molecule has 1 rings (SSSR count). The number of aliphatic hydroxyl groups is 1. The molecule has 1 aromatic rings. The summed E-state index contributed by atoms with van der Waals surface area (Å²) in [5.41, 5.74) is 5.15. The first kappa shape index (κ1) is 15.7. The molecule has 19 heavy (non-hydrogen) atoms. The molecule has 3 N–H and O–H groups in total. The fraction of sp³-hybridized carbons (Fsp3) is 0.583. The van der Waals surface area contributed by atoms with Gasteiger partial charge in [0.05, 0.1) is 12.2 Å². The molecule has 6 nitrogen and oxygen atoms in total. The van der Waals surface area contributed by atoms with Gasteiger partial charge < -0.3 is 15.6 Å². The van der Waals surface area contributed by atoms with Crippen LogP contribution in [0.15, 0.2) is 11.4 Å². The number of aromatic nitrogens is 2. The van der Waals surface area contributed by atoms with Crippen LogP contribution in [0.2, 0.25) is 0 Å². The molecule has 0 amide bonds. The molecule has 0 fully saturated rings. The summed E-state index contributed by atoms with van der Waals surface area (Å²) in [6, 6.07) is 0. The molecule has 0 aliphatic rings. The van der Waals surface area contributed by atoms with E-state index >= 15 is 0 Å². The van der Waals surface area contributed by atoms with Crippen LogP contribution in [0.25, 0.3) is 0 Å². The Morgan fingerprint density at radius 1 is 1.58 bits per heavy atom. The number of carbonyl (C=O) groups excluding carboxylic acids is 1. The summed E-state index contributed by atoms with van der Waals surface area (Å²) in [7, 11) is 0. The molecule has 0 saturated carbocycles. The predicted octanol–water partition coefficient (Wildman–Crippen LogP) is 1.49. The molecule has 1 heterocycles. The van der Waals surface area contributed by atoms with Crippen molar-refractivity contribution in [1.82, 2.24) is 9.97 Å². The maximum Gasteiger partial charge on any atom is 0.343 e. The van der Waals surface area contributed by atoms with Gasteiger partial charge in [-0.1, -0.05) is 11.8 Å². The second-order valence-electron chi connectivity index (χ2n) is 4.58. The Labute approximate surface area is 116 Å². The fourth-order valence-electron chi connectivity index (χ4n) is 1.21. The van der Waals surface area contributed by atoms with Crippen molar-refractivity contribution in [2.24, 2.45) is 0 Å². The molecule has 0 unspecified atom stereocenters. The van der Waals surface area contributed by atoms with Gasteiger partial charge in [0.15, 0.2) is 5.16 Å². The summed E-state index contributed by atoms with van der Waals surface area (Å²) in [5, 5.41) is 10.1. The van der Waals surface area contributed by atoms with E-state index in [9.17, 15) is 9.90 Å². The summed E-state index contributed by atoms with van der Waals surface area (Å²) in [6.07, 6.45) is 1.98. The van der Waals surface area contributed by atoms with E-state index in [-0.39, 0.29) is 18.0 Å². The second kappa shape index (κ2) is 6.72. The first-order valence-electron chi connectivity index (χ1n) is 5.98. The van der Waals surface area contributed by atoms with Gasteiger partial charge in [0, 0.05) is 11.9 Å². The Morgan fingerprint density at radius 2 is 2.26 bits per heavy atom. The number of nitrogen functional groups attached to an aromatic ring is 1. The number of anilines is 1. The third-order valence-corrected chi connectivity index (χ3v) is 3.10. The summed E-state index contributed by atoms with van der Waals surface area (Å²) >= 11 is 1.38. The van der Waals surface area contributed by atoms with Crippen molar-refractivity contribution in [3.63, 3.8) is 0 Å². The maximum absolute atomic E-state index is 11.5. The number of hydrogen-bond donors (Lipinski definition) is 2. The fourth-order valence-corrected chi connectivity index (χ4v) is 2.28. The van der Waals surface area contributed by atoms with Crippen LogP contribution in [0.5, 0.6) is 0 Å². The number of rotatable bonds is 6. The van der Waals surface area contributed by atoms with Gasteiger partial charge in [-0.3, -0.25) is 0 Å². The first-order valence-corrected chi connectivity index (χ1v) is 6.97. The second-order valence-corrected chi connectivity index (χ2v) is 5.64. The van der Waals surface area contributed by atoms with Crippen LogP contribution in [0.1, 0.15) is 37.6 Å². The van der Waals surface area contributed by atoms with Crippen molar-refractivity contribution < 1.29 is 14.6 Å². The van der Waals surface area contributed by atoms with Crippen molar-refractivity contribution in [2.75, 3.05) is 18.1 Å². The smallest absolute Gasteiger partial charge is 0.343 e. The summed E-state index contributed by atoms with van der Waals surface area (Å²) < 4.78 is 4.84. The topological polar surface area (TPSA) is 98.3 Å². The minimum Gasteiger partial charge on any atom is -0.462 e. The third kappa shape index (κ3) is 5.44. The van der Waals surface area contributed by atoms with Crippen molar-refractivity contribution in [3.05, 3.63) is 11.8 Å². The molecule has 0 radical (unpaired) electrons. The molecule has 0 atom stereocenters. The highest BCUT2D eigenvalue weighted by Gasteiger charge is 2.15. The molecule has 0 aromatic carbocycles. The molecule has 0 saturated heterocycles. The molecule has 0 spiro atoms. The van der Waals surface area contributed by atoms with Crippen LogP contribution >= 0.6 is 11.8 Å². The predicted molar refractivity (Wildman–Crippen MR) is 74.0 cm³/mol. The molecule has 0 aliphatic carbocycles. The van der Waals surface area contributed by atoms with Crippen molar-refractivity contribution in [3.8, 4) is 0 Å². The highest BCUT2D eigenvalue weighted by atomic mass is 32.2. The number of hydrogen-bond acceptors (Lipinski definition) is 7. The number of nitrogens with zero attached hydrogens (tertiary/aromatic N) is 2. The van der Waals surface area contributed by atoms with Gasteiger partial charge in [-0.05, 0) is 27.2 Å². The van der Waals surface area contributed by atoms with Gasteiger partial charge in [-0.15, -0.1) is 0 Å². The van der Waals surface area contributed by atoms with Gasteiger partial charge in [0.1, 0.15) is 11.4 Å². The SMILES string of the molecule is CCOC(=O)c1cnc(SCCC(C)(C)O)nc1N. The third-order valence-electron chi connectivity index (χ3n) is 2.24. The molecule has 7 heteroatoms. The zero-order valence-electron chi connectivity index (χ0n) is 11.3. The normalized spacial score (nSPS) is 11.4. The quantitative estimate of drug-likeness (QED) is 0.464. The van der Waals surface area contributed by atoms with Gasteiger partial charge in [-0.2, -0.15) is 0 Å². The number of nitrogens with two attached hydrogens (primary N) is 1. The summed E-state index contributed by atoms with van der Waals surface area (Å²) in [6.45, 7) is 5.48. The van der Waals surface area contributed by atoms with Crippen molar-refractivity contribution in [2.45, 2.75) is 37.9 Å². The lowest BCUT2D eigenvalue weighted by Gasteiger charge is -2.15. The lowest BCUT2D eigenvalue weighted by molar-refractivity contribution is 0.0526. The minimum absolute atomic E-state index is 0.110. The molecule has 106 valence electrons.